The smallest absolute Gasteiger partial charge is 0.262 e. The van der Waals surface area contributed by atoms with Crippen LogP contribution >= 0.6 is 0 Å². The van der Waals surface area contributed by atoms with E-state index in [9.17, 15) is 9.18 Å². The van der Waals surface area contributed by atoms with Gasteiger partial charge < -0.3 is 14.5 Å². The minimum atomic E-state index is -0.391. The molecule has 0 spiro atoms. The van der Waals surface area contributed by atoms with E-state index in [-0.39, 0.29) is 24.2 Å². The second kappa shape index (κ2) is 7.64. The predicted molar refractivity (Wildman–Crippen MR) is 119 cm³/mol. The van der Waals surface area contributed by atoms with Crippen molar-refractivity contribution in [3.63, 3.8) is 0 Å². The van der Waals surface area contributed by atoms with E-state index < -0.39 is 6.04 Å². The molecule has 6 nitrogen and oxygen atoms in total. The van der Waals surface area contributed by atoms with Gasteiger partial charge in [-0.25, -0.2) is 9.82 Å². The fourth-order valence-corrected chi connectivity index (χ4v) is 5.12. The molecule has 0 radical (unpaired) electrons. The topological polar surface area (TPSA) is 57.2 Å². The van der Waals surface area contributed by atoms with Crippen LogP contribution in [0.5, 0.6) is 5.75 Å². The van der Waals surface area contributed by atoms with Crippen LogP contribution in [0.15, 0.2) is 41.5 Å². The number of ether oxygens (including phenoxy) is 1. The third-order valence-corrected chi connectivity index (χ3v) is 6.76. The van der Waals surface area contributed by atoms with Crippen molar-refractivity contribution in [3.05, 3.63) is 47.8 Å². The molecular formula is C24H27FN4O2. The minimum absolute atomic E-state index is 0.149. The second-order valence-corrected chi connectivity index (χ2v) is 8.86. The summed E-state index contributed by atoms with van der Waals surface area (Å²) in [5.74, 6) is 1.65. The van der Waals surface area contributed by atoms with Gasteiger partial charge in [0.2, 0.25) is 0 Å². The Hall–Kier alpha value is -2.93. The van der Waals surface area contributed by atoms with Gasteiger partial charge in [0, 0.05) is 12.1 Å². The van der Waals surface area contributed by atoms with Gasteiger partial charge >= 0.3 is 0 Å². The Morgan fingerprint density at radius 1 is 1.19 bits per heavy atom. The molecule has 3 aliphatic heterocycles. The van der Waals surface area contributed by atoms with Crippen LogP contribution in [-0.4, -0.2) is 49.4 Å². The number of benzene rings is 2. The number of halogens is 1. The number of nitrogens with one attached hydrogen (secondary N) is 1. The number of nitrogens with zero attached hydrogens (tertiary/aromatic N) is 3. The Labute approximate surface area is 181 Å². The van der Waals surface area contributed by atoms with Crippen molar-refractivity contribution in [3.8, 4) is 16.9 Å². The summed E-state index contributed by atoms with van der Waals surface area (Å²) in [6.45, 7) is 6.37. The maximum Gasteiger partial charge on any atom is 0.262 e. The molecule has 3 heterocycles. The Bertz CT molecular complexity index is 1070. The number of piperidine rings is 1. The molecule has 1 saturated heterocycles. The molecular weight excluding hydrogens is 395 g/mol. The summed E-state index contributed by atoms with van der Waals surface area (Å²) in [6, 6.07) is 10.6. The molecule has 1 N–H and O–H groups in total. The van der Waals surface area contributed by atoms with Crippen LogP contribution in [0.2, 0.25) is 0 Å². The number of hydrazone groups is 1. The fourth-order valence-electron chi connectivity index (χ4n) is 5.12. The summed E-state index contributed by atoms with van der Waals surface area (Å²) < 4.78 is 20.9. The van der Waals surface area contributed by atoms with E-state index in [4.69, 9.17) is 4.74 Å². The summed E-state index contributed by atoms with van der Waals surface area (Å²) in [4.78, 5) is 16.6. The summed E-state index contributed by atoms with van der Waals surface area (Å²) >= 11 is 0. The van der Waals surface area contributed by atoms with Crippen molar-refractivity contribution in [2.24, 2.45) is 11.0 Å². The highest BCUT2D eigenvalue weighted by molar-refractivity contribution is 6.09. The van der Waals surface area contributed by atoms with Gasteiger partial charge in [-0.1, -0.05) is 25.1 Å². The van der Waals surface area contributed by atoms with Crippen molar-refractivity contribution in [2.45, 2.75) is 32.2 Å². The lowest BCUT2D eigenvalue weighted by Crippen LogP contribution is -2.55. The highest BCUT2D eigenvalue weighted by Gasteiger charge is 2.37. The molecule has 5 rings (SSSR count). The van der Waals surface area contributed by atoms with Crippen molar-refractivity contribution in [1.82, 2.24) is 10.3 Å². The van der Waals surface area contributed by atoms with E-state index in [2.05, 4.69) is 35.5 Å². The SMILES string of the molecule is CC1C(=O)NN=C2COc3cc(-c4ccccc4F)c([C@@H]4CCN(C)C[C@@H]4C)cc3N21. The zero-order chi connectivity index (χ0) is 21.7. The number of carbonyl (C=O) groups is 1. The van der Waals surface area contributed by atoms with Crippen molar-refractivity contribution >= 4 is 17.4 Å². The number of fused-ring (bicyclic) bond motifs is 3. The number of anilines is 1. The quantitative estimate of drug-likeness (QED) is 0.804. The number of amidine groups is 1. The van der Waals surface area contributed by atoms with Gasteiger partial charge in [-0.05, 0) is 68.1 Å². The number of rotatable bonds is 2. The molecule has 1 amide bonds. The Kier molecular flexibility index (Phi) is 4.93. The molecule has 0 saturated carbocycles. The zero-order valence-electron chi connectivity index (χ0n) is 18.1. The number of hydrogen-bond donors (Lipinski definition) is 1. The standard InChI is InChI=1S/C24H27FN4O2/c1-14-12-28(3)9-8-16(14)18-10-21-22(11-19(18)17-6-4-5-7-20(17)25)31-13-23-26-27-24(30)15(2)29(21)23/h4-7,10-11,14-16H,8-9,12-13H2,1-3H3,(H,27,30)/t14-,15?,16+/m0/s1. The normalized spacial score (nSPS) is 25.8. The Balaban J connectivity index is 1.70. The van der Waals surface area contributed by atoms with Crippen LogP contribution in [0, 0.1) is 11.7 Å². The lowest BCUT2D eigenvalue weighted by molar-refractivity contribution is -0.122. The van der Waals surface area contributed by atoms with Gasteiger partial charge in [0.1, 0.15) is 24.2 Å². The molecule has 0 aliphatic carbocycles. The van der Waals surface area contributed by atoms with Gasteiger partial charge in [-0.2, -0.15) is 5.10 Å². The molecule has 0 aromatic heterocycles. The molecule has 1 fully saturated rings. The van der Waals surface area contributed by atoms with E-state index in [1.807, 2.05) is 30.0 Å². The maximum atomic E-state index is 14.9. The van der Waals surface area contributed by atoms with Crippen LogP contribution in [-0.2, 0) is 4.79 Å². The molecule has 7 heteroatoms. The van der Waals surface area contributed by atoms with Crippen LogP contribution in [0.1, 0.15) is 31.7 Å². The number of hydrogen-bond acceptors (Lipinski definition) is 5. The van der Waals surface area contributed by atoms with E-state index in [1.54, 1.807) is 6.07 Å². The van der Waals surface area contributed by atoms with E-state index >= 15 is 0 Å². The Morgan fingerprint density at radius 3 is 2.77 bits per heavy atom. The lowest BCUT2D eigenvalue weighted by Gasteiger charge is -2.40. The number of carbonyl (C=O) groups excluding carboxylic acids is 1. The molecule has 1 unspecified atom stereocenters. The first-order valence-electron chi connectivity index (χ1n) is 10.8. The van der Waals surface area contributed by atoms with E-state index in [0.29, 0.717) is 23.1 Å². The molecule has 2 aromatic carbocycles. The molecule has 2 aromatic rings. The average molecular weight is 423 g/mol. The fraction of sp³-hybridized carbons (Fsp3) is 0.417. The van der Waals surface area contributed by atoms with Crippen molar-refractivity contribution in [2.75, 3.05) is 31.6 Å². The molecule has 31 heavy (non-hydrogen) atoms. The highest BCUT2D eigenvalue weighted by Crippen LogP contribution is 2.46. The molecule has 3 atom stereocenters. The van der Waals surface area contributed by atoms with E-state index in [1.165, 1.54) is 6.07 Å². The monoisotopic (exact) mass is 422 g/mol. The molecule has 0 bridgehead atoms. The van der Waals surface area contributed by atoms with Gasteiger partial charge in [0.15, 0.2) is 5.84 Å². The first-order valence-corrected chi connectivity index (χ1v) is 10.8. The zero-order valence-corrected chi connectivity index (χ0v) is 18.1. The second-order valence-electron chi connectivity index (χ2n) is 8.86. The largest absolute Gasteiger partial charge is 0.483 e. The Morgan fingerprint density at radius 2 is 2.00 bits per heavy atom. The third-order valence-electron chi connectivity index (χ3n) is 6.76. The van der Waals surface area contributed by atoms with Gasteiger partial charge in [-0.3, -0.25) is 4.79 Å². The summed E-state index contributed by atoms with van der Waals surface area (Å²) in [6.07, 6.45) is 0.996. The van der Waals surface area contributed by atoms with Crippen molar-refractivity contribution in [1.29, 1.82) is 0 Å². The van der Waals surface area contributed by atoms with Crippen molar-refractivity contribution < 1.29 is 13.9 Å². The van der Waals surface area contributed by atoms with Gasteiger partial charge in [-0.15, -0.1) is 0 Å². The van der Waals surface area contributed by atoms with Gasteiger partial charge in [0.25, 0.3) is 5.91 Å². The van der Waals surface area contributed by atoms with E-state index in [0.717, 1.165) is 36.3 Å². The summed E-state index contributed by atoms with van der Waals surface area (Å²) in [5, 5.41) is 4.19. The molecule has 162 valence electrons. The summed E-state index contributed by atoms with van der Waals surface area (Å²) in [5.41, 5.74) is 5.95. The van der Waals surface area contributed by atoms with Gasteiger partial charge in [0.05, 0.1) is 5.69 Å². The van der Waals surface area contributed by atoms with Crippen LogP contribution < -0.4 is 15.1 Å². The first-order chi connectivity index (χ1) is 14.9. The maximum absolute atomic E-state index is 14.9. The van der Waals surface area contributed by atoms with Crippen LogP contribution in [0.25, 0.3) is 11.1 Å². The predicted octanol–water partition coefficient (Wildman–Crippen LogP) is 3.58. The molecule has 3 aliphatic rings. The lowest BCUT2D eigenvalue weighted by atomic mass is 9.78. The van der Waals surface area contributed by atoms with Crippen LogP contribution in [0.4, 0.5) is 10.1 Å². The first kappa shape index (κ1) is 20.0. The number of amides is 1. The number of likely N-dealkylation sites (tertiary alicyclic amines) is 1. The third kappa shape index (κ3) is 3.37. The average Bonchev–Trinajstić information content (AvgIpc) is 2.75. The minimum Gasteiger partial charge on any atom is -0.483 e. The summed E-state index contributed by atoms with van der Waals surface area (Å²) in [7, 11) is 2.14. The van der Waals surface area contributed by atoms with Crippen LogP contribution in [0.3, 0.4) is 0 Å². The highest BCUT2D eigenvalue weighted by atomic mass is 19.1.